The van der Waals surface area contributed by atoms with Crippen LogP contribution in [0.15, 0.2) is 158 Å². The number of carboxylic acid groups (broad SMARTS) is 1. The van der Waals surface area contributed by atoms with Crippen LogP contribution in [0.2, 0.25) is 5.02 Å². The molecule has 0 unspecified atom stereocenters. The van der Waals surface area contributed by atoms with Gasteiger partial charge in [0.15, 0.2) is 0 Å². The number of amides is 4. The number of hydrogen-bond acceptors (Lipinski definition) is 7. The Balaban J connectivity index is 0.906. The number of unbranched alkanes of at least 4 members (excludes halogenated alkanes) is 1. The van der Waals surface area contributed by atoms with E-state index in [2.05, 4.69) is 33.4 Å². The highest BCUT2D eigenvalue weighted by Gasteiger charge is 2.32. The number of rotatable bonds is 20. The van der Waals surface area contributed by atoms with Gasteiger partial charge in [-0.1, -0.05) is 157 Å². The summed E-state index contributed by atoms with van der Waals surface area (Å²) in [6.07, 6.45) is 0.492. The Bertz CT molecular complexity index is 2930. The molecule has 7 N–H and O–H groups in total. The Hall–Kier alpha value is -7.54. The van der Waals surface area contributed by atoms with Gasteiger partial charge >= 0.3 is 12.1 Å². The van der Waals surface area contributed by atoms with Crippen LogP contribution in [0.25, 0.3) is 32.7 Å². The van der Waals surface area contributed by atoms with E-state index in [0.717, 1.165) is 54.9 Å². The molecule has 4 amide bonds. The van der Waals surface area contributed by atoms with Crippen LogP contribution in [0, 0.1) is 0 Å². The van der Waals surface area contributed by atoms with E-state index in [1.807, 2.05) is 121 Å². The SMILES string of the molecule is N[C@H](Cc1ccc2ccccc2c1)C(=O)N[C@@H](Cc1ccc2ccccc2c1)C(=O)N[C@@H](Cc1ccc(Cl)cc1)C(=O)N[C@@H](CCCCNC(=O)OCC1c2ccccc2-c2ccccc21)C(=O)O. The molecule has 0 saturated heterocycles. The molecular formula is C56H54ClN5O7. The monoisotopic (exact) mass is 943 g/mol. The van der Waals surface area contributed by atoms with Gasteiger partial charge in [-0.05, 0) is 98.3 Å². The van der Waals surface area contributed by atoms with E-state index in [9.17, 15) is 29.1 Å². The lowest BCUT2D eigenvalue weighted by Crippen LogP contribution is -2.58. The van der Waals surface area contributed by atoms with Crippen molar-refractivity contribution in [1.82, 2.24) is 21.3 Å². The Kier molecular flexibility index (Phi) is 15.6. The second kappa shape index (κ2) is 22.5. The molecule has 0 aliphatic heterocycles. The van der Waals surface area contributed by atoms with E-state index >= 15 is 0 Å². The summed E-state index contributed by atoms with van der Waals surface area (Å²) in [6, 6.07) is 45.5. The number of carbonyl (C=O) groups is 5. The molecule has 7 aromatic carbocycles. The van der Waals surface area contributed by atoms with Crippen LogP contribution < -0.4 is 27.0 Å². The second-order valence-corrected chi connectivity index (χ2v) is 17.9. The summed E-state index contributed by atoms with van der Waals surface area (Å²) in [5.41, 5.74) is 13.2. The molecule has 1 aliphatic rings. The molecule has 0 spiro atoms. The molecular weight excluding hydrogens is 890 g/mol. The number of aliphatic carboxylic acids is 1. The third-order valence-corrected chi connectivity index (χ3v) is 12.9. The first-order valence-electron chi connectivity index (χ1n) is 23.2. The number of ether oxygens (including phenoxy) is 1. The summed E-state index contributed by atoms with van der Waals surface area (Å²) in [7, 11) is 0. The van der Waals surface area contributed by atoms with Crippen LogP contribution in [0.5, 0.6) is 0 Å². The van der Waals surface area contributed by atoms with Crippen molar-refractivity contribution in [3.63, 3.8) is 0 Å². The molecule has 352 valence electrons. The summed E-state index contributed by atoms with van der Waals surface area (Å²) in [6.45, 7) is 0.388. The van der Waals surface area contributed by atoms with Gasteiger partial charge in [0, 0.05) is 30.3 Å². The minimum absolute atomic E-state index is 0.0107. The number of benzene rings is 7. The number of fused-ring (bicyclic) bond motifs is 5. The molecule has 4 atom stereocenters. The summed E-state index contributed by atoms with van der Waals surface area (Å²) in [4.78, 5) is 67.7. The molecule has 0 saturated carbocycles. The number of halogens is 1. The van der Waals surface area contributed by atoms with Crippen molar-refractivity contribution >= 4 is 62.9 Å². The van der Waals surface area contributed by atoms with Crippen molar-refractivity contribution in [2.75, 3.05) is 13.2 Å². The molecule has 8 rings (SSSR count). The standard InChI is InChI=1S/C56H54ClN5O7/c57-42-26-22-35(23-27-42)32-50(53(64)60-49(55(66)67)19-9-10-28-59-56(68)69-34-47-45-17-7-5-15-43(45)44-16-6-8-18-46(44)47)62-54(65)51(33-37-21-25-39-12-2-4-14-41(39)30-37)61-52(63)48(58)31-36-20-24-38-11-1-3-13-40(38)29-36/h1-8,11-18,20-27,29-30,47-51H,9-10,19,28,31-34,58H2,(H,59,68)(H,60,64)(H,61,63)(H,62,65)(H,66,67)/t48-,49+,50+,51+/m1/s1. The number of hydrogen-bond donors (Lipinski definition) is 6. The fraction of sp³-hybridized carbons (Fsp3) is 0.232. The smallest absolute Gasteiger partial charge is 0.407 e. The Labute approximate surface area is 405 Å². The highest BCUT2D eigenvalue weighted by molar-refractivity contribution is 6.30. The van der Waals surface area contributed by atoms with Crippen LogP contribution in [0.4, 0.5) is 4.79 Å². The molecule has 0 heterocycles. The lowest BCUT2D eigenvalue weighted by atomic mass is 9.98. The van der Waals surface area contributed by atoms with Crippen molar-refractivity contribution < 1.29 is 33.8 Å². The van der Waals surface area contributed by atoms with Crippen molar-refractivity contribution in [2.45, 2.75) is 68.6 Å². The van der Waals surface area contributed by atoms with Crippen LogP contribution in [0.1, 0.15) is 53.0 Å². The van der Waals surface area contributed by atoms with Gasteiger partial charge in [-0.2, -0.15) is 0 Å². The predicted octanol–water partition coefficient (Wildman–Crippen LogP) is 8.25. The predicted molar refractivity (Wildman–Crippen MR) is 269 cm³/mol. The van der Waals surface area contributed by atoms with Crippen molar-refractivity contribution in [2.24, 2.45) is 5.73 Å². The summed E-state index contributed by atoms with van der Waals surface area (Å²) < 4.78 is 5.64. The first-order chi connectivity index (χ1) is 33.5. The first kappa shape index (κ1) is 47.9. The number of carbonyl (C=O) groups excluding carboxylic acids is 4. The zero-order valence-electron chi connectivity index (χ0n) is 37.9. The number of nitrogens with two attached hydrogens (primary N) is 1. The molecule has 0 fully saturated rings. The highest BCUT2D eigenvalue weighted by Crippen LogP contribution is 2.44. The van der Waals surface area contributed by atoms with Gasteiger partial charge in [-0.15, -0.1) is 0 Å². The molecule has 12 nitrogen and oxygen atoms in total. The fourth-order valence-corrected chi connectivity index (χ4v) is 9.11. The third-order valence-electron chi connectivity index (χ3n) is 12.6. The summed E-state index contributed by atoms with van der Waals surface area (Å²) in [5.74, 6) is -3.29. The Morgan fingerprint density at radius 1 is 0.551 bits per heavy atom. The highest BCUT2D eigenvalue weighted by atomic mass is 35.5. The zero-order chi connectivity index (χ0) is 48.3. The largest absolute Gasteiger partial charge is 0.480 e. The lowest BCUT2D eigenvalue weighted by Gasteiger charge is -2.26. The van der Waals surface area contributed by atoms with Crippen molar-refractivity contribution in [1.29, 1.82) is 0 Å². The quantitative estimate of drug-likeness (QED) is 0.0412. The molecule has 0 radical (unpaired) electrons. The summed E-state index contributed by atoms with van der Waals surface area (Å²) >= 11 is 6.17. The average molecular weight is 945 g/mol. The lowest BCUT2D eigenvalue weighted by molar-refractivity contribution is -0.142. The van der Waals surface area contributed by atoms with Gasteiger partial charge in [0.1, 0.15) is 24.7 Å². The first-order valence-corrected chi connectivity index (χ1v) is 23.5. The molecule has 69 heavy (non-hydrogen) atoms. The van der Waals surface area contributed by atoms with Gasteiger partial charge in [-0.3, -0.25) is 14.4 Å². The molecule has 1 aliphatic carbocycles. The van der Waals surface area contributed by atoms with E-state index in [-0.39, 0.29) is 44.8 Å². The number of alkyl carbamates (subject to hydrolysis) is 1. The minimum atomic E-state index is -1.31. The third kappa shape index (κ3) is 12.3. The van der Waals surface area contributed by atoms with Gasteiger partial charge in [-0.25, -0.2) is 9.59 Å². The molecule has 0 aromatic heterocycles. The Morgan fingerprint density at radius 3 is 1.61 bits per heavy atom. The van der Waals surface area contributed by atoms with Crippen LogP contribution in [-0.2, 0) is 43.2 Å². The van der Waals surface area contributed by atoms with Gasteiger partial charge < -0.3 is 36.8 Å². The minimum Gasteiger partial charge on any atom is -0.480 e. The Morgan fingerprint density at radius 2 is 1.03 bits per heavy atom. The summed E-state index contributed by atoms with van der Waals surface area (Å²) in [5, 5.41) is 25.8. The van der Waals surface area contributed by atoms with Crippen molar-refractivity contribution in [3.8, 4) is 11.1 Å². The maximum Gasteiger partial charge on any atom is 0.407 e. The molecule has 0 bridgehead atoms. The topological polar surface area (TPSA) is 189 Å². The maximum atomic E-state index is 14.5. The van der Waals surface area contributed by atoms with Crippen LogP contribution in [-0.4, -0.2) is 72.2 Å². The van der Waals surface area contributed by atoms with Gasteiger partial charge in [0.05, 0.1) is 6.04 Å². The second-order valence-electron chi connectivity index (χ2n) is 17.5. The van der Waals surface area contributed by atoms with E-state index < -0.39 is 54.0 Å². The normalized spacial score (nSPS) is 13.6. The zero-order valence-corrected chi connectivity index (χ0v) is 38.7. The van der Waals surface area contributed by atoms with Gasteiger partial charge in [0.25, 0.3) is 0 Å². The van der Waals surface area contributed by atoms with E-state index in [1.54, 1.807) is 24.3 Å². The van der Waals surface area contributed by atoms with E-state index in [4.69, 9.17) is 22.1 Å². The van der Waals surface area contributed by atoms with Crippen LogP contribution in [0.3, 0.4) is 0 Å². The molecule has 7 aromatic rings. The number of nitrogens with one attached hydrogen (secondary N) is 4. The fourth-order valence-electron chi connectivity index (χ4n) is 8.98. The average Bonchev–Trinajstić information content (AvgIpc) is 3.68. The van der Waals surface area contributed by atoms with E-state index in [1.165, 1.54) is 0 Å². The van der Waals surface area contributed by atoms with Crippen LogP contribution >= 0.6 is 11.6 Å². The number of carboxylic acids is 1. The van der Waals surface area contributed by atoms with E-state index in [0.29, 0.717) is 23.4 Å². The molecule has 13 heteroatoms. The van der Waals surface area contributed by atoms with Gasteiger partial charge in [0.2, 0.25) is 17.7 Å². The maximum absolute atomic E-state index is 14.5. The van der Waals surface area contributed by atoms with Crippen molar-refractivity contribution in [3.05, 3.63) is 191 Å².